The molecule has 264 valence electrons. The summed E-state index contributed by atoms with van der Waals surface area (Å²) in [5, 5.41) is 20.4. The summed E-state index contributed by atoms with van der Waals surface area (Å²) in [5.41, 5.74) is 8.78. The minimum absolute atomic E-state index is 0.00710. The number of nitrogens with zero attached hydrogens (tertiary/aromatic N) is 1. The number of benzene rings is 4. The molecule has 1 aromatic heterocycles. The van der Waals surface area contributed by atoms with E-state index in [0.29, 0.717) is 38.0 Å². The Hall–Kier alpha value is -5.06. The van der Waals surface area contributed by atoms with Crippen molar-refractivity contribution in [2.75, 3.05) is 6.61 Å². The maximum atomic E-state index is 14.8. The van der Waals surface area contributed by atoms with Gasteiger partial charge in [-0.1, -0.05) is 53.8 Å². The zero-order valence-electron chi connectivity index (χ0n) is 29.3. The molecule has 5 aromatic rings. The van der Waals surface area contributed by atoms with Crippen molar-refractivity contribution in [1.29, 1.82) is 0 Å². The summed E-state index contributed by atoms with van der Waals surface area (Å²) in [4.78, 5) is 22.9. The van der Waals surface area contributed by atoms with Crippen LogP contribution < -0.4 is 4.74 Å². The van der Waals surface area contributed by atoms with Crippen LogP contribution in [0.4, 0.5) is 4.39 Å². The van der Waals surface area contributed by atoms with Gasteiger partial charge in [-0.05, 0) is 135 Å². The minimum atomic E-state index is -0.873. The average Bonchev–Trinajstić information content (AvgIpc) is 3.38. The largest absolute Gasteiger partial charge is 0.494 e. The molecular formula is C43H43ClFNO5. The summed E-state index contributed by atoms with van der Waals surface area (Å²) in [5.74, 6) is 5.37. The Morgan fingerprint density at radius 3 is 2.25 bits per heavy atom. The van der Waals surface area contributed by atoms with Crippen molar-refractivity contribution in [3.8, 4) is 28.7 Å². The second kappa shape index (κ2) is 17.2. The van der Waals surface area contributed by atoms with E-state index in [2.05, 4.69) is 22.5 Å². The van der Waals surface area contributed by atoms with Gasteiger partial charge < -0.3 is 19.5 Å². The number of aromatic nitrogens is 1. The van der Waals surface area contributed by atoms with Gasteiger partial charge in [-0.25, -0.2) is 4.39 Å². The smallest absolute Gasteiger partial charge is 0.303 e. The third-order valence-corrected chi connectivity index (χ3v) is 9.83. The van der Waals surface area contributed by atoms with Gasteiger partial charge in [-0.15, -0.1) is 0 Å². The number of unbranched alkanes of at least 4 members (excludes halogenated alkanes) is 1. The van der Waals surface area contributed by atoms with Crippen LogP contribution in [0.3, 0.4) is 0 Å². The van der Waals surface area contributed by atoms with E-state index in [0.717, 1.165) is 80.0 Å². The highest BCUT2D eigenvalue weighted by atomic mass is 35.5. The fraction of sp³-hybridized carbons (Fsp3) is 0.302. The molecule has 6 nitrogen and oxygen atoms in total. The van der Waals surface area contributed by atoms with Gasteiger partial charge in [0.25, 0.3) is 0 Å². The molecule has 0 aliphatic carbocycles. The Bertz CT molecular complexity index is 2110. The number of halogens is 2. The van der Waals surface area contributed by atoms with Gasteiger partial charge in [0.2, 0.25) is 0 Å². The van der Waals surface area contributed by atoms with Crippen LogP contribution in [0.2, 0.25) is 5.02 Å². The molecule has 0 amide bonds. The molecule has 0 aliphatic rings. The van der Waals surface area contributed by atoms with E-state index in [1.165, 1.54) is 11.6 Å². The number of ether oxygens (including phenoxy) is 1. The molecule has 0 saturated heterocycles. The first kappa shape index (κ1) is 37.2. The molecule has 0 aliphatic heterocycles. The first-order valence-corrected chi connectivity index (χ1v) is 17.8. The van der Waals surface area contributed by atoms with Crippen LogP contribution in [-0.2, 0) is 29.0 Å². The van der Waals surface area contributed by atoms with E-state index in [-0.39, 0.29) is 18.7 Å². The van der Waals surface area contributed by atoms with Crippen LogP contribution in [0, 0.1) is 38.4 Å². The van der Waals surface area contributed by atoms with E-state index in [9.17, 15) is 24.2 Å². The van der Waals surface area contributed by atoms with Crippen LogP contribution in [0.25, 0.3) is 22.0 Å². The van der Waals surface area contributed by atoms with Crippen molar-refractivity contribution in [3.63, 3.8) is 0 Å². The number of fused-ring (bicyclic) bond motifs is 1. The number of carboxylic acid groups (broad SMARTS) is 2. The van der Waals surface area contributed by atoms with Crippen LogP contribution in [0.5, 0.6) is 5.75 Å². The van der Waals surface area contributed by atoms with Crippen LogP contribution in [0.15, 0.2) is 72.8 Å². The minimum Gasteiger partial charge on any atom is -0.494 e. The highest BCUT2D eigenvalue weighted by molar-refractivity contribution is 6.31. The van der Waals surface area contributed by atoms with Crippen molar-refractivity contribution < 1.29 is 28.9 Å². The van der Waals surface area contributed by atoms with Crippen molar-refractivity contribution in [2.45, 2.75) is 78.7 Å². The third kappa shape index (κ3) is 9.19. The number of aryl methyl sites for hydroxylation is 3. The number of carbonyl (C=O) groups is 2. The first-order valence-electron chi connectivity index (χ1n) is 17.4. The molecule has 4 aromatic carbocycles. The van der Waals surface area contributed by atoms with E-state index in [1.807, 2.05) is 68.4 Å². The zero-order valence-corrected chi connectivity index (χ0v) is 30.1. The maximum absolute atomic E-state index is 14.8. The normalized spacial score (nSPS) is 11.0. The van der Waals surface area contributed by atoms with Gasteiger partial charge in [0.1, 0.15) is 11.6 Å². The molecule has 0 unspecified atom stereocenters. The molecule has 51 heavy (non-hydrogen) atoms. The van der Waals surface area contributed by atoms with Crippen molar-refractivity contribution in [2.24, 2.45) is 0 Å². The highest BCUT2D eigenvalue weighted by Gasteiger charge is 2.22. The fourth-order valence-electron chi connectivity index (χ4n) is 6.61. The molecule has 0 bridgehead atoms. The average molecular weight is 708 g/mol. The van der Waals surface area contributed by atoms with Crippen LogP contribution in [0.1, 0.15) is 77.6 Å². The van der Waals surface area contributed by atoms with Crippen molar-refractivity contribution in [1.82, 2.24) is 4.57 Å². The SMILES string of the molecule is Cc1c(Cl)cccc1CCCCOc1ccc(C#Cc2ccc(-c3cccc(F)c3C)c3c(CCCC(=O)O)c(C)n(CCCC(=O)O)c23)cc1. The second-order valence-electron chi connectivity index (χ2n) is 12.9. The molecule has 0 fully saturated rings. The maximum Gasteiger partial charge on any atom is 0.303 e. The zero-order chi connectivity index (χ0) is 36.5. The summed E-state index contributed by atoms with van der Waals surface area (Å²) in [6.45, 7) is 6.83. The molecule has 0 radical (unpaired) electrons. The lowest BCUT2D eigenvalue weighted by Gasteiger charge is -2.13. The van der Waals surface area contributed by atoms with Gasteiger partial charge in [-0.3, -0.25) is 9.59 Å². The van der Waals surface area contributed by atoms with Gasteiger partial charge in [0.05, 0.1) is 12.1 Å². The summed E-state index contributed by atoms with van der Waals surface area (Å²) < 4.78 is 22.9. The van der Waals surface area contributed by atoms with E-state index >= 15 is 0 Å². The molecule has 0 spiro atoms. The van der Waals surface area contributed by atoms with Gasteiger partial charge in [0, 0.05) is 46.6 Å². The molecule has 1 heterocycles. The van der Waals surface area contributed by atoms with E-state index < -0.39 is 11.9 Å². The number of carboxylic acids is 2. The lowest BCUT2D eigenvalue weighted by molar-refractivity contribution is -0.138. The third-order valence-electron chi connectivity index (χ3n) is 9.42. The lowest BCUT2D eigenvalue weighted by atomic mass is 9.92. The summed E-state index contributed by atoms with van der Waals surface area (Å²) in [6, 6.07) is 22.6. The predicted octanol–water partition coefficient (Wildman–Crippen LogP) is 10.1. The van der Waals surface area contributed by atoms with Crippen molar-refractivity contribution in [3.05, 3.63) is 123 Å². The Morgan fingerprint density at radius 1 is 0.784 bits per heavy atom. The first-order chi connectivity index (χ1) is 24.5. The standard InChI is InChI=1S/C43H43ClFNO5/c1-28-32(11-6-14-38(28)44)10-4-5-27-51-34-23-19-31(20-24-34)18-21-33-22-25-37(35-12-7-15-39(45)29(35)2)42-36(13-8-16-40(47)48)30(3)46(43(33)42)26-9-17-41(49)50/h6-7,11-12,14-15,19-20,22-25H,4-5,8-10,13,16-17,26-27H2,1-3H3,(H,47,48)(H,49,50). The molecule has 0 atom stereocenters. The van der Waals surface area contributed by atoms with Crippen molar-refractivity contribution >= 4 is 34.4 Å². The fourth-order valence-corrected chi connectivity index (χ4v) is 6.80. The Balaban J connectivity index is 1.44. The summed E-state index contributed by atoms with van der Waals surface area (Å²) in [6.07, 6.45) is 4.22. The molecular weight excluding hydrogens is 665 g/mol. The monoisotopic (exact) mass is 707 g/mol. The number of aliphatic carboxylic acids is 2. The van der Waals surface area contributed by atoms with Gasteiger partial charge >= 0.3 is 11.9 Å². The van der Waals surface area contributed by atoms with Gasteiger partial charge in [-0.2, -0.15) is 0 Å². The Kier molecular flexibility index (Phi) is 12.6. The predicted molar refractivity (Wildman–Crippen MR) is 201 cm³/mol. The van der Waals surface area contributed by atoms with Crippen LogP contribution in [-0.4, -0.2) is 33.3 Å². The number of rotatable bonds is 15. The number of hydrogen-bond acceptors (Lipinski definition) is 3. The summed E-state index contributed by atoms with van der Waals surface area (Å²) in [7, 11) is 0. The van der Waals surface area contributed by atoms with E-state index in [1.54, 1.807) is 13.0 Å². The Labute approximate surface area is 303 Å². The summed E-state index contributed by atoms with van der Waals surface area (Å²) >= 11 is 6.25. The Morgan fingerprint density at radius 2 is 1.51 bits per heavy atom. The number of hydrogen-bond donors (Lipinski definition) is 2. The molecule has 8 heteroatoms. The molecule has 2 N–H and O–H groups in total. The highest BCUT2D eigenvalue weighted by Crippen LogP contribution is 2.39. The van der Waals surface area contributed by atoms with Crippen LogP contribution >= 0.6 is 11.6 Å². The van der Waals surface area contributed by atoms with E-state index in [4.69, 9.17) is 16.3 Å². The second-order valence-corrected chi connectivity index (χ2v) is 13.3. The lowest BCUT2D eigenvalue weighted by Crippen LogP contribution is -2.05. The quantitative estimate of drug-likeness (QED) is 0.0835. The molecule has 5 rings (SSSR count). The van der Waals surface area contributed by atoms with Gasteiger partial charge in [0.15, 0.2) is 0 Å². The molecule has 0 saturated carbocycles. The topological polar surface area (TPSA) is 88.8 Å².